The van der Waals surface area contributed by atoms with E-state index in [1.807, 2.05) is 10.6 Å². The van der Waals surface area contributed by atoms with Crippen LogP contribution in [-0.2, 0) is 0 Å². The van der Waals surface area contributed by atoms with Crippen LogP contribution in [-0.4, -0.2) is 38.6 Å². The molecule has 2 aromatic heterocycles. The Labute approximate surface area is 130 Å². The van der Waals surface area contributed by atoms with E-state index in [9.17, 15) is 4.79 Å². The average molecular weight is 298 g/mol. The van der Waals surface area contributed by atoms with Gasteiger partial charge in [-0.2, -0.15) is 0 Å². The maximum absolute atomic E-state index is 12.7. The molecule has 5 nitrogen and oxygen atoms in total. The first kappa shape index (κ1) is 13.9. The van der Waals surface area contributed by atoms with Gasteiger partial charge in [-0.05, 0) is 44.4 Å². The molecule has 1 saturated heterocycles. The third-order valence-corrected chi connectivity index (χ3v) is 5.22. The number of fused-ring (bicyclic) bond motifs is 1. The molecule has 0 aromatic carbocycles. The Morgan fingerprint density at radius 3 is 2.73 bits per heavy atom. The van der Waals surface area contributed by atoms with Gasteiger partial charge in [0.15, 0.2) is 5.65 Å². The van der Waals surface area contributed by atoms with Gasteiger partial charge in [-0.3, -0.25) is 14.3 Å². The van der Waals surface area contributed by atoms with Crippen molar-refractivity contribution in [2.45, 2.75) is 50.6 Å². The highest BCUT2D eigenvalue weighted by molar-refractivity contribution is 5.72. The molecule has 2 aromatic rings. The molecule has 0 amide bonds. The lowest BCUT2D eigenvalue weighted by molar-refractivity contribution is 0.126. The van der Waals surface area contributed by atoms with Crippen molar-refractivity contribution >= 4 is 11.0 Å². The van der Waals surface area contributed by atoms with E-state index in [-0.39, 0.29) is 11.6 Å². The first-order chi connectivity index (χ1) is 10.8. The highest BCUT2D eigenvalue weighted by Crippen LogP contribution is 2.29. The highest BCUT2D eigenvalue weighted by Gasteiger charge is 2.29. The lowest BCUT2D eigenvalue weighted by Crippen LogP contribution is -2.44. The molecule has 0 unspecified atom stereocenters. The van der Waals surface area contributed by atoms with E-state index in [2.05, 4.69) is 14.9 Å². The maximum atomic E-state index is 12.7. The monoisotopic (exact) mass is 298 g/mol. The third kappa shape index (κ3) is 2.43. The predicted octanol–water partition coefficient (Wildman–Crippen LogP) is 2.37. The Kier molecular flexibility index (Phi) is 3.66. The van der Waals surface area contributed by atoms with Gasteiger partial charge in [-0.1, -0.05) is 12.8 Å². The van der Waals surface area contributed by atoms with Crippen molar-refractivity contribution in [2.24, 2.45) is 0 Å². The molecular weight excluding hydrogens is 276 g/mol. The zero-order chi connectivity index (χ0) is 14.9. The fraction of sp³-hybridized carbons (Fsp3) is 0.588. The molecule has 2 fully saturated rings. The standard InChI is InChI=1S/C17H22N4O/c22-17-15-8-3-9-18-16(15)19-12-21(17)14-7-4-10-20(11-14)13-5-1-2-6-13/h3,8-9,12-14H,1-2,4-7,10-11H2/t14-/m0/s1. The minimum absolute atomic E-state index is 0.0522. The largest absolute Gasteiger partial charge is 0.298 e. The molecule has 0 spiro atoms. The fourth-order valence-electron chi connectivity index (χ4n) is 4.05. The first-order valence-electron chi connectivity index (χ1n) is 8.39. The van der Waals surface area contributed by atoms with E-state index in [0.717, 1.165) is 19.0 Å². The summed E-state index contributed by atoms with van der Waals surface area (Å²) in [4.78, 5) is 23.9. The summed E-state index contributed by atoms with van der Waals surface area (Å²) in [6.45, 7) is 2.16. The van der Waals surface area contributed by atoms with E-state index >= 15 is 0 Å². The molecule has 116 valence electrons. The van der Waals surface area contributed by atoms with Crippen LogP contribution in [0.5, 0.6) is 0 Å². The van der Waals surface area contributed by atoms with Crippen molar-refractivity contribution < 1.29 is 0 Å². The van der Waals surface area contributed by atoms with Crippen LogP contribution in [0.15, 0.2) is 29.5 Å². The molecule has 22 heavy (non-hydrogen) atoms. The van der Waals surface area contributed by atoms with Gasteiger partial charge in [0.05, 0.1) is 11.4 Å². The summed E-state index contributed by atoms with van der Waals surface area (Å²) < 4.78 is 1.84. The molecule has 5 heteroatoms. The summed E-state index contributed by atoms with van der Waals surface area (Å²) in [5.41, 5.74) is 0.601. The summed E-state index contributed by atoms with van der Waals surface area (Å²) in [5, 5.41) is 0.628. The third-order valence-electron chi connectivity index (χ3n) is 5.22. The van der Waals surface area contributed by atoms with Gasteiger partial charge in [0, 0.05) is 18.8 Å². The van der Waals surface area contributed by atoms with Gasteiger partial charge >= 0.3 is 0 Å². The van der Waals surface area contributed by atoms with E-state index in [0.29, 0.717) is 11.0 Å². The summed E-state index contributed by atoms with van der Waals surface area (Å²) in [6.07, 6.45) is 11.0. The van der Waals surface area contributed by atoms with E-state index < -0.39 is 0 Å². The van der Waals surface area contributed by atoms with Gasteiger partial charge < -0.3 is 0 Å². The smallest absolute Gasteiger partial charge is 0.263 e. The topological polar surface area (TPSA) is 51.0 Å². The van der Waals surface area contributed by atoms with Crippen molar-refractivity contribution in [3.05, 3.63) is 35.0 Å². The molecule has 4 rings (SSSR count). The molecule has 2 aliphatic rings. The van der Waals surface area contributed by atoms with Crippen molar-refractivity contribution in [3.63, 3.8) is 0 Å². The van der Waals surface area contributed by atoms with Crippen LogP contribution >= 0.6 is 0 Å². The number of piperidine rings is 1. The van der Waals surface area contributed by atoms with Gasteiger partial charge in [-0.15, -0.1) is 0 Å². The van der Waals surface area contributed by atoms with Crippen molar-refractivity contribution in [1.29, 1.82) is 0 Å². The number of likely N-dealkylation sites (tertiary alicyclic amines) is 1. The molecule has 1 aliphatic heterocycles. The number of rotatable bonds is 2. The lowest BCUT2D eigenvalue weighted by Gasteiger charge is -2.37. The Morgan fingerprint density at radius 1 is 1.05 bits per heavy atom. The molecule has 0 N–H and O–H groups in total. The molecule has 1 saturated carbocycles. The van der Waals surface area contributed by atoms with Crippen LogP contribution in [0.25, 0.3) is 11.0 Å². The van der Waals surface area contributed by atoms with Crippen molar-refractivity contribution in [1.82, 2.24) is 19.4 Å². The molecule has 1 aliphatic carbocycles. The lowest BCUT2D eigenvalue weighted by atomic mass is 10.0. The van der Waals surface area contributed by atoms with E-state index in [4.69, 9.17) is 0 Å². The molecule has 0 radical (unpaired) electrons. The maximum Gasteiger partial charge on any atom is 0.263 e. The highest BCUT2D eigenvalue weighted by atomic mass is 16.1. The predicted molar refractivity (Wildman–Crippen MR) is 85.9 cm³/mol. The van der Waals surface area contributed by atoms with Gasteiger partial charge in [0.2, 0.25) is 0 Å². The number of pyridine rings is 1. The quantitative estimate of drug-likeness (QED) is 0.854. The minimum Gasteiger partial charge on any atom is -0.298 e. The van der Waals surface area contributed by atoms with Crippen LogP contribution in [0.4, 0.5) is 0 Å². The van der Waals surface area contributed by atoms with Crippen LogP contribution in [0.3, 0.4) is 0 Å². The fourth-order valence-corrected chi connectivity index (χ4v) is 4.05. The van der Waals surface area contributed by atoms with Crippen LogP contribution in [0, 0.1) is 0 Å². The van der Waals surface area contributed by atoms with Crippen molar-refractivity contribution in [3.8, 4) is 0 Å². The van der Waals surface area contributed by atoms with Crippen LogP contribution in [0.1, 0.15) is 44.6 Å². The zero-order valence-corrected chi connectivity index (χ0v) is 12.8. The minimum atomic E-state index is 0.0522. The Morgan fingerprint density at radius 2 is 1.86 bits per heavy atom. The second kappa shape index (κ2) is 5.80. The zero-order valence-electron chi connectivity index (χ0n) is 12.8. The second-order valence-electron chi connectivity index (χ2n) is 6.56. The van der Waals surface area contributed by atoms with E-state index in [1.54, 1.807) is 18.6 Å². The van der Waals surface area contributed by atoms with E-state index in [1.165, 1.54) is 38.6 Å². The Balaban J connectivity index is 1.63. The molecular formula is C17H22N4O. The summed E-state index contributed by atoms with van der Waals surface area (Å²) in [7, 11) is 0. The molecule has 1 atom stereocenters. The SMILES string of the molecule is O=c1c2cccnc2ncn1[C@H]1CCCN(C2CCCC2)C1. The second-order valence-corrected chi connectivity index (χ2v) is 6.56. The Bertz CT molecular complexity index is 720. The van der Waals surface area contributed by atoms with Gasteiger partial charge in [0.25, 0.3) is 5.56 Å². The number of aromatic nitrogens is 3. The summed E-state index contributed by atoms with van der Waals surface area (Å²) in [5.74, 6) is 0. The Hall–Kier alpha value is -1.75. The van der Waals surface area contributed by atoms with Crippen molar-refractivity contribution in [2.75, 3.05) is 13.1 Å². The number of hydrogen-bond donors (Lipinski definition) is 0. The first-order valence-corrected chi connectivity index (χ1v) is 8.39. The normalized spacial score (nSPS) is 24.1. The van der Waals surface area contributed by atoms with Gasteiger partial charge in [0.1, 0.15) is 6.33 Å². The summed E-state index contributed by atoms with van der Waals surface area (Å²) in [6, 6.07) is 4.61. The van der Waals surface area contributed by atoms with Gasteiger partial charge in [-0.25, -0.2) is 9.97 Å². The number of hydrogen-bond acceptors (Lipinski definition) is 4. The number of nitrogens with zero attached hydrogens (tertiary/aromatic N) is 4. The average Bonchev–Trinajstić information content (AvgIpc) is 3.10. The van der Waals surface area contributed by atoms with Crippen LogP contribution < -0.4 is 5.56 Å². The summed E-state index contributed by atoms with van der Waals surface area (Å²) >= 11 is 0. The van der Waals surface area contributed by atoms with Crippen LogP contribution in [0.2, 0.25) is 0 Å². The molecule has 0 bridgehead atoms. The molecule has 3 heterocycles.